The molecule has 2 amide bonds. The van der Waals surface area contributed by atoms with Gasteiger partial charge in [0.15, 0.2) is 0 Å². The Labute approximate surface area is 155 Å². The minimum Gasteiger partial charge on any atom is -0.348 e. The van der Waals surface area contributed by atoms with Crippen LogP contribution in [-0.4, -0.2) is 16.7 Å². The van der Waals surface area contributed by atoms with E-state index in [1.54, 1.807) is 38.1 Å². The number of carbonyl (C=O) groups excluding carboxylic acids is 2. The summed E-state index contributed by atoms with van der Waals surface area (Å²) in [5, 5.41) is 16.4. The quantitative estimate of drug-likeness (QED) is 0.592. The maximum absolute atomic E-state index is 12.2. The molecule has 2 N–H and O–H groups in total. The van der Waals surface area contributed by atoms with E-state index in [9.17, 15) is 19.7 Å². The first kappa shape index (κ1) is 19.4. The van der Waals surface area contributed by atoms with Crippen LogP contribution in [-0.2, 0) is 11.3 Å². The van der Waals surface area contributed by atoms with Gasteiger partial charge in [-0.2, -0.15) is 0 Å². The van der Waals surface area contributed by atoms with E-state index in [4.69, 9.17) is 11.6 Å². The average molecular weight is 376 g/mol. The Balaban J connectivity index is 2.00. The summed E-state index contributed by atoms with van der Waals surface area (Å²) in [6.45, 7) is 3.83. The largest absolute Gasteiger partial charge is 0.348 e. The summed E-state index contributed by atoms with van der Waals surface area (Å²) in [6.07, 6.45) is 0. The highest BCUT2D eigenvalue weighted by Gasteiger charge is 2.15. The smallest absolute Gasteiger partial charge is 0.270 e. The summed E-state index contributed by atoms with van der Waals surface area (Å²) in [5.41, 5.74) is 1.31. The molecule has 0 atom stereocenters. The Hall–Kier alpha value is -2.93. The maximum Gasteiger partial charge on any atom is 0.270 e. The molecule has 136 valence electrons. The summed E-state index contributed by atoms with van der Waals surface area (Å²) >= 11 is 5.95. The van der Waals surface area contributed by atoms with Crippen LogP contribution >= 0.6 is 11.6 Å². The third-order valence-electron chi connectivity index (χ3n) is 3.60. The summed E-state index contributed by atoms with van der Waals surface area (Å²) in [7, 11) is 0. The minimum atomic E-state index is -0.586. The predicted molar refractivity (Wildman–Crippen MR) is 99.2 cm³/mol. The van der Waals surface area contributed by atoms with Gasteiger partial charge in [-0.05, 0) is 23.8 Å². The van der Waals surface area contributed by atoms with Crippen molar-refractivity contribution in [2.75, 3.05) is 5.32 Å². The van der Waals surface area contributed by atoms with Gasteiger partial charge in [-0.15, -0.1) is 0 Å². The number of nitrogens with one attached hydrogen (secondary N) is 2. The molecule has 0 aliphatic heterocycles. The third kappa shape index (κ3) is 5.03. The number of rotatable bonds is 6. The Morgan fingerprint density at radius 2 is 1.81 bits per heavy atom. The van der Waals surface area contributed by atoms with Crippen LogP contribution in [0.15, 0.2) is 42.5 Å². The fourth-order valence-corrected chi connectivity index (χ4v) is 2.27. The summed E-state index contributed by atoms with van der Waals surface area (Å²) in [5.74, 6) is -0.698. The van der Waals surface area contributed by atoms with Gasteiger partial charge in [0, 0.05) is 30.3 Å². The Bertz CT molecular complexity index is 835. The van der Waals surface area contributed by atoms with E-state index in [0.717, 1.165) is 11.6 Å². The highest BCUT2D eigenvalue weighted by atomic mass is 35.5. The number of benzene rings is 2. The number of nitrogens with zero attached hydrogens (tertiary/aromatic N) is 1. The van der Waals surface area contributed by atoms with Gasteiger partial charge >= 0.3 is 0 Å². The number of carbonyl (C=O) groups is 2. The zero-order chi connectivity index (χ0) is 19.3. The monoisotopic (exact) mass is 375 g/mol. The van der Waals surface area contributed by atoms with Gasteiger partial charge < -0.3 is 10.6 Å². The van der Waals surface area contributed by atoms with Crippen molar-refractivity contribution in [3.63, 3.8) is 0 Å². The lowest BCUT2D eigenvalue weighted by Crippen LogP contribution is -2.23. The van der Waals surface area contributed by atoms with Gasteiger partial charge in [-0.1, -0.05) is 37.6 Å². The second kappa shape index (κ2) is 8.44. The highest BCUT2D eigenvalue weighted by molar-refractivity contribution is 6.33. The molecule has 0 bridgehead atoms. The summed E-state index contributed by atoms with van der Waals surface area (Å²) < 4.78 is 0. The molecule has 2 aromatic rings. The number of hydrogen-bond donors (Lipinski definition) is 2. The second-order valence-electron chi connectivity index (χ2n) is 5.94. The van der Waals surface area contributed by atoms with E-state index in [-0.39, 0.29) is 34.6 Å². The Morgan fingerprint density at radius 3 is 2.38 bits per heavy atom. The van der Waals surface area contributed by atoms with Gasteiger partial charge in [0.2, 0.25) is 5.91 Å². The maximum atomic E-state index is 12.2. The molecule has 0 saturated carbocycles. The number of halogens is 1. The van der Waals surface area contributed by atoms with Crippen LogP contribution in [0.5, 0.6) is 0 Å². The van der Waals surface area contributed by atoms with Crippen molar-refractivity contribution in [2.45, 2.75) is 20.4 Å². The first-order chi connectivity index (χ1) is 12.3. The molecule has 2 aromatic carbocycles. The molecule has 8 heteroatoms. The fraction of sp³-hybridized carbons (Fsp3) is 0.222. The van der Waals surface area contributed by atoms with E-state index in [2.05, 4.69) is 10.6 Å². The lowest BCUT2D eigenvalue weighted by atomic mass is 10.1. The van der Waals surface area contributed by atoms with E-state index >= 15 is 0 Å². The molecule has 26 heavy (non-hydrogen) atoms. The molecule has 0 spiro atoms. The average Bonchev–Trinajstić information content (AvgIpc) is 2.60. The topological polar surface area (TPSA) is 101 Å². The number of nitro groups is 1. The van der Waals surface area contributed by atoms with Crippen LogP contribution in [0.25, 0.3) is 0 Å². The van der Waals surface area contributed by atoms with Crippen LogP contribution in [0.1, 0.15) is 29.8 Å². The standard InChI is InChI=1S/C18H18ClN3O4/c1-11(2)17(23)21-13-5-3-12(4-6-13)10-20-18(24)15-9-14(22(25)26)7-8-16(15)19/h3-9,11H,10H2,1-2H3,(H,20,24)(H,21,23). The molecular formula is C18H18ClN3O4. The summed E-state index contributed by atoms with van der Waals surface area (Å²) in [4.78, 5) is 34.1. The SMILES string of the molecule is CC(C)C(=O)Nc1ccc(CNC(=O)c2cc([N+](=O)[O-])ccc2Cl)cc1. The molecule has 2 rings (SSSR count). The van der Waals surface area contributed by atoms with Crippen LogP contribution in [0.2, 0.25) is 5.02 Å². The van der Waals surface area contributed by atoms with Crippen molar-refractivity contribution in [3.8, 4) is 0 Å². The fourth-order valence-electron chi connectivity index (χ4n) is 2.07. The Morgan fingerprint density at radius 1 is 1.15 bits per heavy atom. The molecule has 0 radical (unpaired) electrons. The molecule has 0 aliphatic rings. The van der Waals surface area contributed by atoms with E-state index in [1.165, 1.54) is 12.1 Å². The van der Waals surface area contributed by atoms with E-state index in [0.29, 0.717) is 5.69 Å². The van der Waals surface area contributed by atoms with E-state index in [1.807, 2.05) is 0 Å². The van der Waals surface area contributed by atoms with Crippen LogP contribution in [0.3, 0.4) is 0 Å². The lowest BCUT2D eigenvalue weighted by Gasteiger charge is -2.10. The van der Waals surface area contributed by atoms with Crippen LogP contribution < -0.4 is 10.6 Å². The third-order valence-corrected chi connectivity index (χ3v) is 3.93. The molecule has 0 aliphatic carbocycles. The number of non-ortho nitro benzene ring substituents is 1. The van der Waals surface area contributed by atoms with Crippen molar-refractivity contribution in [3.05, 3.63) is 68.7 Å². The molecule has 0 fully saturated rings. The molecule has 7 nitrogen and oxygen atoms in total. The number of hydrogen-bond acceptors (Lipinski definition) is 4. The summed E-state index contributed by atoms with van der Waals surface area (Å²) in [6, 6.07) is 10.7. The first-order valence-corrected chi connectivity index (χ1v) is 8.27. The van der Waals surface area contributed by atoms with Gasteiger partial charge in [-0.25, -0.2) is 0 Å². The zero-order valence-corrected chi connectivity index (χ0v) is 15.0. The van der Waals surface area contributed by atoms with Crippen molar-refractivity contribution in [1.82, 2.24) is 5.32 Å². The number of amides is 2. The highest BCUT2D eigenvalue weighted by Crippen LogP contribution is 2.22. The zero-order valence-electron chi connectivity index (χ0n) is 14.3. The van der Waals surface area contributed by atoms with Gasteiger partial charge in [0.1, 0.15) is 0 Å². The van der Waals surface area contributed by atoms with Crippen molar-refractivity contribution in [2.24, 2.45) is 5.92 Å². The van der Waals surface area contributed by atoms with Gasteiger partial charge in [0.25, 0.3) is 11.6 Å². The van der Waals surface area contributed by atoms with Crippen molar-refractivity contribution in [1.29, 1.82) is 0 Å². The van der Waals surface area contributed by atoms with Crippen LogP contribution in [0.4, 0.5) is 11.4 Å². The van der Waals surface area contributed by atoms with Crippen molar-refractivity contribution >= 4 is 34.8 Å². The number of anilines is 1. The van der Waals surface area contributed by atoms with E-state index < -0.39 is 10.8 Å². The minimum absolute atomic E-state index is 0.0432. The molecule has 0 heterocycles. The van der Waals surface area contributed by atoms with Gasteiger partial charge in [-0.3, -0.25) is 19.7 Å². The first-order valence-electron chi connectivity index (χ1n) is 7.90. The second-order valence-corrected chi connectivity index (χ2v) is 6.35. The molecule has 0 saturated heterocycles. The molecular weight excluding hydrogens is 358 g/mol. The predicted octanol–water partition coefficient (Wildman–Crippen LogP) is 3.77. The van der Waals surface area contributed by atoms with Crippen LogP contribution in [0, 0.1) is 16.0 Å². The normalized spacial score (nSPS) is 10.5. The van der Waals surface area contributed by atoms with Gasteiger partial charge in [0.05, 0.1) is 15.5 Å². The van der Waals surface area contributed by atoms with Crippen molar-refractivity contribution < 1.29 is 14.5 Å². The molecule has 0 unspecified atom stereocenters. The Kier molecular flexibility index (Phi) is 6.30. The molecule has 0 aromatic heterocycles. The number of nitro benzene ring substituents is 1. The lowest BCUT2D eigenvalue weighted by molar-refractivity contribution is -0.384.